The number of allylic oxidation sites excluding steroid dienone is 2. The van der Waals surface area contributed by atoms with E-state index in [4.69, 9.17) is 4.98 Å². The molecule has 0 saturated carbocycles. The summed E-state index contributed by atoms with van der Waals surface area (Å²) in [5.41, 5.74) is 7.94. The van der Waals surface area contributed by atoms with Crippen molar-refractivity contribution in [2.24, 2.45) is 17.3 Å². The van der Waals surface area contributed by atoms with E-state index in [-0.39, 0.29) is 48.9 Å². The maximum Gasteiger partial charge on any atom is 0.162 e. The molecule has 2 heterocycles. The van der Waals surface area contributed by atoms with Gasteiger partial charge in [-0.3, -0.25) is 9.78 Å². The van der Waals surface area contributed by atoms with Crippen molar-refractivity contribution in [2.75, 3.05) is 0 Å². The number of hydrogen-bond donors (Lipinski definition) is 1. The second-order valence-electron chi connectivity index (χ2n) is 14.9. The predicted molar refractivity (Wildman–Crippen MR) is 209 cm³/mol. The van der Waals surface area contributed by atoms with E-state index in [0.29, 0.717) is 5.92 Å². The third kappa shape index (κ3) is 9.48. The number of benzene rings is 3. The molecule has 0 amide bonds. The minimum atomic E-state index is 0. The first-order valence-electron chi connectivity index (χ1n) is 17.9. The van der Waals surface area contributed by atoms with Crippen molar-refractivity contribution in [3.8, 4) is 11.3 Å². The van der Waals surface area contributed by atoms with Crippen molar-refractivity contribution in [2.45, 2.75) is 114 Å². The smallest absolute Gasteiger partial charge is 0.162 e. The Labute approximate surface area is 313 Å². The number of ketones is 1. The number of hydrogen-bond acceptors (Lipinski definition) is 4. The molecule has 0 atom stereocenters. The molecule has 0 spiro atoms. The van der Waals surface area contributed by atoms with E-state index in [1.807, 2.05) is 45.2 Å². The molecule has 5 aromatic rings. The SMILES string of the molecule is CCC(CC)C(=O)/C=C(\O)C(CC)CC.Cc1ccc2[c-]c(-c3nccc4c3sc3c(C)c(CC(C)(C)C)ccc34)cc(C(C)C)c2c1.[Ir]. The van der Waals surface area contributed by atoms with E-state index < -0.39 is 0 Å². The summed E-state index contributed by atoms with van der Waals surface area (Å²) >= 11 is 1.89. The molecule has 3 nitrogen and oxygen atoms in total. The second kappa shape index (κ2) is 17.4. The number of pyridine rings is 1. The van der Waals surface area contributed by atoms with Crippen LogP contribution in [-0.2, 0) is 31.3 Å². The van der Waals surface area contributed by atoms with Gasteiger partial charge in [-0.1, -0.05) is 103 Å². The van der Waals surface area contributed by atoms with Crippen molar-refractivity contribution in [1.29, 1.82) is 0 Å². The molecule has 2 aromatic heterocycles. The molecule has 0 aliphatic carbocycles. The van der Waals surface area contributed by atoms with Crippen LogP contribution in [0.25, 0.3) is 42.2 Å². The van der Waals surface area contributed by atoms with Crippen LogP contribution < -0.4 is 0 Å². The van der Waals surface area contributed by atoms with Gasteiger partial charge in [0.05, 0.1) is 5.76 Å². The van der Waals surface area contributed by atoms with Gasteiger partial charge < -0.3 is 5.11 Å². The van der Waals surface area contributed by atoms with Gasteiger partial charge in [0.1, 0.15) is 0 Å². The average Bonchev–Trinajstić information content (AvgIpc) is 3.42. The summed E-state index contributed by atoms with van der Waals surface area (Å²) in [6.07, 6.45) is 7.96. The van der Waals surface area contributed by atoms with Crippen LogP contribution >= 0.6 is 11.3 Å². The molecular formula is C44H56IrNO2S-. The maximum absolute atomic E-state index is 11.7. The van der Waals surface area contributed by atoms with Crippen molar-refractivity contribution >= 4 is 48.1 Å². The number of aliphatic hydroxyl groups is 1. The number of rotatable bonds is 10. The summed E-state index contributed by atoms with van der Waals surface area (Å²) in [7, 11) is 0. The molecule has 3 aromatic carbocycles. The number of aliphatic hydroxyl groups excluding tert-OH is 1. The summed E-state index contributed by atoms with van der Waals surface area (Å²) in [5.74, 6) is 0.984. The van der Waals surface area contributed by atoms with E-state index in [1.54, 1.807) is 0 Å². The van der Waals surface area contributed by atoms with E-state index in [2.05, 4.69) is 97.0 Å². The molecule has 265 valence electrons. The van der Waals surface area contributed by atoms with E-state index >= 15 is 0 Å². The summed E-state index contributed by atoms with van der Waals surface area (Å²) in [6.45, 7) is 24.0. The first kappa shape index (κ1) is 40.6. The molecule has 0 unspecified atom stereocenters. The Morgan fingerprint density at radius 2 is 1.51 bits per heavy atom. The fourth-order valence-corrected chi connectivity index (χ4v) is 8.03. The van der Waals surface area contributed by atoms with Gasteiger partial charge in [-0.25, -0.2) is 0 Å². The Kier molecular flexibility index (Phi) is 14.4. The van der Waals surface area contributed by atoms with Crippen LogP contribution in [0.5, 0.6) is 0 Å². The Balaban J connectivity index is 0.000000347. The molecular weight excluding hydrogens is 799 g/mol. The Morgan fingerprint density at radius 1 is 0.878 bits per heavy atom. The number of carbonyl (C=O) groups excluding carboxylic acids is 1. The Bertz CT molecular complexity index is 1920. The number of carbonyl (C=O) groups is 1. The Morgan fingerprint density at radius 3 is 2.10 bits per heavy atom. The molecule has 0 aliphatic heterocycles. The van der Waals surface area contributed by atoms with Crippen LogP contribution in [0.4, 0.5) is 0 Å². The summed E-state index contributed by atoms with van der Waals surface area (Å²) in [6, 6.07) is 19.5. The maximum atomic E-state index is 11.7. The minimum absolute atomic E-state index is 0. The van der Waals surface area contributed by atoms with Gasteiger partial charge in [0.2, 0.25) is 0 Å². The third-order valence-corrected chi connectivity index (χ3v) is 11.0. The monoisotopic (exact) mass is 855 g/mol. The van der Waals surface area contributed by atoms with Crippen LogP contribution in [-0.4, -0.2) is 15.9 Å². The zero-order chi connectivity index (χ0) is 35.3. The van der Waals surface area contributed by atoms with Gasteiger partial charge in [-0.15, -0.1) is 40.5 Å². The molecule has 0 aliphatic rings. The van der Waals surface area contributed by atoms with Crippen LogP contribution in [0.3, 0.4) is 0 Å². The zero-order valence-electron chi connectivity index (χ0n) is 31.5. The molecule has 5 rings (SSSR count). The predicted octanol–water partition coefficient (Wildman–Crippen LogP) is 13.3. The molecule has 1 N–H and O–H groups in total. The topological polar surface area (TPSA) is 50.2 Å². The Hall–Kier alpha value is -2.85. The van der Waals surface area contributed by atoms with Crippen LogP contribution in [0.1, 0.15) is 116 Å². The fraction of sp³-hybridized carbons (Fsp3) is 0.455. The minimum Gasteiger partial charge on any atom is -0.512 e. The average molecular weight is 855 g/mol. The van der Waals surface area contributed by atoms with Crippen LogP contribution in [0.2, 0.25) is 0 Å². The number of aryl methyl sites for hydroxylation is 2. The van der Waals surface area contributed by atoms with E-state index in [0.717, 1.165) is 43.4 Å². The largest absolute Gasteiger partial charge is 0.512 e. The van der Waals surface area contributed by atoms with Crippen molar-refractivity contribution in [3.05, 3.63) is 88.8 Å². The fourth-order valence-electron chi connectivity index (χ4n) is 6.70. The quantitative estimate of drug-likeness (QED) is 0.0865. The first-order chi connectivity index (χ1) is 22.7. The number of aromatic nitrogens is 1. The standard InChI is InChI=1S/C31H32NS.C13H24O2.Ir/c1-18(2)26-16-23(15-21-9-8-19(3)14-27(21)26)28-30-25(12-13-32-28)24-11-10-22(17-31(5,6)7)20(4)29(24)33-30;1-5-10(6-2)12(14)9-13(15)11(7-3)8-4;/h8-14,16,18H,17H2,1-7H3;9-11,14H,5-8H2,1-4H3;/q-1;;/b;12-9-;. The molecule has 5 heteroatoms. The van der Waals surface area contributed by atoms with Crippen molar-refractivity contribution in [1.82, 2.24) is 4.98 Å². The molecule has 1 radical (unpaired) electrons. The van der Waals surface area contributed by atoms with Crippen LogP contribution in [0.15, 0.2) is 60.5 Å². The molecule has 49 heavy (non-hydrogen) atoms. The molecule has 0 fully saturated rings. The number of thiophene rings is 1. The second-order valence-corrected chi connectivity index (χ2v) is 16.0. The summed E-state index contributed by atoms with van der Waals surface area (Å²) < 4.78 is 2.66. The van der Waals surface area contributed by atoms with Gasteiger partial charge in [0, 0.05) is 64.7 Å². The van der Waals surface area contributed by atoms with Crippen LogP contribution in [0, 0.1) is 37.2 Å². The third-order valence-electron chi connectivity index (χ3n) is 9.65. The van der Waals surface area contributed by atoms with Gasteiger partial charge in [-0.05, 0) is 79.9 Å². The van der Waals surface area contributed by atoms with Crippen molar-refractivity contribution < 1.29 is 30.0 Å². The van der Waals surface area contributed by atoms with Crippen molar-refractivity contribution in [3.63, 3.8) is 0 Å². The first-order valence-corrected chi connectivity index (χ1v) is 18.7. The molecule has 0 saturated heterocycles. The van der Waals surface area contributed by atoms with E-state index in [1.165, 1.54) is 59.3 Å². The van der Waals surface area contributed by atoms with E-state index in [9.17, 15) is 9.90 Å². The normalized spacial score (nSPS) is 12.2. The van der Waals surface area contributed by atoms with Gasteiger partial charge in [0.25, 0.3) is 0 Å². The number of fused-ring (bicyclic) bond motifs is 4. The zero-order valence-corrected chi connectivity index (χ0v) is 34.7. The molecule has 0 bridgehead atoms. The van der Waals surface area contributed by atoms with Gasteiger partial charge in [-0.2, -0.15) is 0 Å². The summed E-state index contributed by atoms with van der Waals surface area (Å²) in [4.78, 5) is 16.6. The number of nitrogens with zero attached hydrogens (tertiary/aromatic N) is 1. The van der Waals surface area contributed by atoms with Gasteiger partial charge >= 0.3 is 0 Å². The van der Waals surface area contributed by atoms with Gasteiger partial charge in [0.15, 0.2) is 5.78 Å². The summed E-state index contributed by atoms with van der Waals surface area (Å²) in [5, 5.41) is 14.9.